The maximum atomic E-state index is 13.3. The van der Waals surface area contributed by atoms with Gasteiger partial charge in [0.05, 0.1) is 13.2 Å². The number of carbonyl (C=O) groups is 3. The van der Waals surface area contributed by atoms with Crippen LogP contribution in [0.3, 0.4) is 0 Å². The third-order valence-electron chi connectivity index (χ3n) is 5.19. The summed E-state index contributed by atoms with van der Waals surface area (Å²) in [5.74, 6) is -1.06. The van der Waals surface area contributed by atoms with Gasteiger partial charge in [-0.15, -0.1) is 11.3 Å². The van der Waals surface area contributed by atoms with Gasteiger partial charge in [-0.05, 0) is 61.4 Å². The monoisotopic (exact) mass is 461 g/mol. The van der Waals surface area contributed by atoms with Gasteiger partial charge in [0.25, 0.3) is 0 Å². The SMILES string of the molecule is CCOC(=O)CNC(=O)N(CC(=O)N(Cc1ccc(F)cc1)Cc1sccc1C)C1CC1. The van der Waals surface area contributed by atoms with E-state index >= 15 is 0 Å². The molecule has 32 heavy (non-hydrogen) atoms. The van der Waals surface area contributed by atoms with E-state index in [1.165, 1.54) is 17.0 Å². The molecule has 0 bridgehead atoms. The lowest BCUT2D eigenvalue weighted by atomic mass is 10.2. The number of urea groups is 1. The molecule has 0 atom stereocenters. The Bertz CT molecular complexity index is 943. The number of hydrogen-bond donors (Lipinski definition) is 1. The number of aryl methyl sites for hydroxylation is 1. The van der Waals surface area contributed by atoms with E-state index < -0.39 is 12.0 Å². The van der Waals surface area contributed by atoms with Crippen LogP contribution in [0.5, 0.6) is 0 Å². The van der Waals surface area contributed by atoms with Crippen molar-refractivity contribution in [3.8, 4) is 0 Å². The summed E-state index contributed by atoms with van der Waals surface area (Å²) in [4.78, 5) is 41.7. The normalized spacial score (nSPS) is 12.8. The van der Waals surface area contributed by atoms with Crippen molar-refractivity contribution in [3.63, 3.8) is 0 Å². The van der Waals surface area contributed by atoms with Crippen molar-refractivity contribution in [1.29, 1.82) is 0 Å². The minimum Gasteiger partial charge on any atom is -0.465 e. The zero-order chi connectivity index (χ0) is 23.1. The average Bonchev–Trinajstić information content (AvgIpc) is 3.53. The summed E-state index contributed by atoms with van der Waals surface area (Å²) in [7, 11) is 0. The Balaban J connectivity index is 1.70. The van der Waals surface area contributed by atoms with Crippen molar-refractivity contribution in [2.24, 2.45) is 0 Å². The molecule has 1 aromatic heterocycles. The molecule has 7 nitrogen and oxygen atoms in total. The molecule has 9 heteroatoms. The molecule has 1 fully saturated rings. The summed E-state index contributed by atoms with van der Waals surface area (Å²) in [6.07, 6.45) is 1.64. The maximum absolute atomic E-state index is 13.3. The number of ether oxygens (including phenoxy) is 1. The Labute approximate surface area is 191 Å². The van der Waals surface area contributed by atoms with Gasteiger partial charge < -0.3 is 19.9 Å². The molecule has 2 aromatic rings. The third-order valence-corrected chi connectivity index (χ3v) is 6.19. The molecule has 3 rings (SSSR count). The molecule has 0 aliphatic heterocycles. The second kappa shape index (κ2) is 11.1. The molecule has 1 N–H and O–H groups in total. The molecule has 0 radical (unpaired) electrons. The van der Waals surface area contributed by atoms with Crippen LogP contribution in [0, 0.1) is 12.7 Å². The molecule has 1 heterocycles. The molecule has 0 unspecified atom stereocenters. The topological polar surface area (TPSA) is 79.0 Å². The van der Waals surface area contributed by atoms with Crippen molar-refractivity contribution in [1.82, 2.24) is 15.1 Å². The number of hydrogen-bond acceptors (Lipinski definition) is 5. The molecule has 3 amide bonds. The van der Waals surface area contributed by atoms with Gasteiger partial charge in [0.1, 0.15) is 18.9 Å². The summed E-state index contributed by atoms with van der Waals surface area (Å²) < 4.78 is 18.2. The van der Waals surface area contributed by atoms with E-state index in [1.54, 1.807) is 35.3 Å². The fourth-order valence-corrected chi connectivity index (χ4v) is 4.16. The predicted molar refractivity (Wildman–Crippen MR) is 119 cm³/mol. The molecule has 1 aliphatic rings. The zero-order valence-electron chi connectivity index (χ0n) is 18.3. The van der Waals surface area contributed by atoms with Crippen LogP contribution in [0.1, 0.15) is 35.8 Å². The summed E-state index contributed by atoms with van der Waals surface area (Å²) in [6, 6.07) is 7.57. The number of thiophene rings is 1. The summed E-state index contributed by atoms with van der Waals surface area (Å²) in [5, 5.41) is 4.52. The Morgan fingerprint density at radius 1 is 1.16 bits per heavy atom. The van der Waals surface area contributed by atoms with Crippen LogP contribution in [-0.2, 0) is 27.4 Å². The Morgan fingerprint density at radius 2 is 1.88 bits per heavy atom. The summed E-state index contributed by atoms with van der Waals surface area (Å²) in [5.41, 5.74) is 1.90. The Morgan fingerprint density at radius 3 is 2.47 bits per heavy atom. The minimum atomic E-state index is -0.519. The lowest BCUT2D eigenvalue weighted by Crippen LogP contribution is -2.48. The minimum absolute atomic E-state index is 0.0164. The van der Waals surface area contributed by atoms with Crippen LogP contribution in [0.2, 0.25) is 0 Å². The van der Waals surface area contributed by atoms with E-state index in [-0.39, 0.29) is 37.5 Å². The van der Waals surface area contributed by atoms with Gasteiger partial charge in [-0.3, -0.25) is 9.59 Å². The van der Waals surface area contributed by atoms with Gasteiger partial charge in [-0.25, -0.2) is 9.18 Å². The largest absolute Gasteiger partial charge is 0.465 e. The Kier molecular flexibility index (Phi) is 8.21. The second-order valence-corrected chi connectivity index (χ2v) is 8.73. The molecular weight excluding hydrogens is 433 g/mol. The molecule has 1 aromatic carbocycles. The number of carbonyl (C=O) groups excluding carboxylic acids is 3. The van der Waals surface area contributed by atoms with Crippen LogP contribution in [0.4, 0.5) is 9.18 Å². The summed E-state index contributed by atoms with van der Waals surface area (Å²) >= 11 is 1.57. The third kappa shape index (κ3) is 6.78. The molecule has 1 aliphatic carbocycles. The number of halogens is 1. The highest BCUT2D eigenvalue weighted by Gasteiger charge is 2.35. The lowest BCUT2D eigenvalue weighted by Gasteiger charge is -2.28. The highest BCUT2D eigenvalue weighted by atomic mass is 32.1. The molecule has 0 saturated heterocycles. The quantitative estimate of drug-likeness (QED) is 0.550. The van der Waals surface area contributed by atoms with Crippen LogP contribution in [-0.4, -0.2) is 53.4 Å². The van der Waals surface area contributed by atoms with Crippen molar-refractivity contribution < 1.29 is 23.5 Å². The fourth-order valence-electron chi connectivity index (χ4n) is 3.24. The van der Waals surface area contributed by atoms with Gasteiger partial charge in [0.15, 0.2) is 0 Å². The highest BCUT2D eigenvalue weighted by Crippen LogP contribution is 2.27. The van der Waals surface area contributed by atoms with E-state index in [4.69, 9.17) is 4.74 Å². The smallest absolute Gasteiger partial charge is 0.325 e. The predicted octanol–water partition coefficient (Wildman–Crippen LogP) is 3.46. The molecule has 172 valence electrons. The first-order valence-electron chi connectivity index (χ1n) is 10.6. The standard InChI is InChI=1S/C23H28FN3O4S/c1-3-31-22(29)12-25-23(30)27(19-8-9-19)15-21(28)26(14-20-16(2)10-11-32-20)13-17-4-6-18(24)7-5-17/h4-7,10-11,19H,3,8-9,12-15H2,1-2H3,(H,25,30). The van der Waals surface area contributed by atoms with Gasteiger partial charge in [0, 0.05) is 17.5 Å². The van der Waals surface area contributed by atoms with Crippen LogP contribution >= 0.6 is 11.3 Å². The van der Waals surface area contributed by atoms with Gasteiger partial charge in [0.2, 0.25) is 5.91 Å². The second-order valence-electron chi connectivity index (χ2n) is 7.73. The average molecular weight is 462 g/mol. The molecule has 0 spiro atoms. The summed E-state index contributed by atoms with van der Waals surface area (Å²) in [6.45, 7) is 4.30. The van der Waals surface area contributed by atoms with E-state index in [1.807, 2.05) is 18.4 Å². The maximum Gasteiger partial charge on any atom is 0.325 e. The number of nitrogens with one attached hydrogen (secondary N) is 1. The number of esters is 1. The first-order valence-corrected chi connectivity index (χ1v) is 11.5. The first kappa shape index (κ1) is 23.7. The molecule has 1 saturated carbocycles. The van der Waals surface area contributed by atoms with Gasteiger partial charge in [-0.2, -0.15) is 0 Å². The van der Waals surface area contributed by atoms with Crippen molar-refractivity contribution in [3.05, 3.63) is 57.5 Å². The first-order chi connectivity index (χ1) is 15.4. The van der Waals surface area contributed by atoms with Gasteiger partial charge in [-0.1, -0.05) is 12.1 Å². The lowest BCUT2D eigenvalue weighted by molar-refractivity contribution is -0.141. The van der Waals surface area contributed by atoms with Crippen molar-refractivity contribution >= 4 is 29.2 Å². The number of amides is 3. The number of rotatable bonds is 10. The van der Waals surface area contributed by atoms with Crippen molar-refractivity contribution in [2.75, 3.05) is 19.7 Å². The zero-order valence-corrected chi connectivity index (χ0v) is 19.1. The number of benzene rings is 1. The van der Waals surface area contributed by atoms with E-state index in [0.29, 0.717) is 13.1 Å². The van der Waals surface area contributed by atoms with E-state index in [9.17, 15) is 18.8 Å². The van der Waals surface area contributed by atoms with Crippen LogP contribution < -0.4 is 5.32 Å². The number of nitrogens with zero attached hydrogens (tertiary/aromatic N) is 2. The van der Waals surface area contributed by atoms with E-state index in [2.05, 4.69) is 5.32 Å². The molecular formula is C23H28FN3O4S. The van der Waals surface area contributed by atoms with E-state index in [0.717, 1.165) is 28.8 Å². The Hall–Kier alpha value is -2.94. The van der Waals surface area contributed by atoms with Crippen LogP contribution in [0.15, 0.2) is 35.7 Å². The highest BCUT2D eigenvalue weighted by molar-refractivity contribution is 7.10. The fraction of sp³-hybridized carbons (Fsp3) is 0.435. The van der Waals surface area contributed by atoms with Crippen molar-refractivity contribution in [2.45, 2.75) is 45.8 Å². The van der Waals surface area contributed by atoms with Crippen LogP contribution in [0.25, 0.3) is 0 Å². The van der Waals surface area contributed by atoms with Gasteiger partial charge >= 0.3 is 12.0 Å².